The fraction of sp³-hybridized carbons (Fsp3) is 0.200. The van der Waals surface area contributed by atoms with Gasteiger partial charge >= 0.3 is 12.2 Å². The molecule has 0 amide bonds. The molecule has 3 rings (SSSR count). The van der Waals surface area contributed by atoms with Gasteiger partial charge in [-0.15, -0.1) is 0 Å². The van der Waals surface area contributed by atoms with Gasteiger partial charge in [-0.25, -0.2) is 4.39 Å². The average Bonchev–Trinajstić information content (AvgIpc) is 2.65. The van der Waals surface area contributed by atoms with Crippen molar-refractivity contribution in [1.82, 2.24) is 9.55 Å². The highest BCUT2D eigenvalue weighted by atomic mass is 35.5. The molecule has 0 saturated heterocycles. The van der Waals surface area contributed by atoms with Crippen LogP contribution >= 0.6 is 11.6 Å². The van der Waals surface area contributed by atoms with Crippen LogP contribution in [-0.4, -0.2) is 23.3 Å². The molecule has 1 aromatic heterocycles. The standard InChI is InChI=1S/C20H17ClF3N3O3/c1-11-15(4-3-5-16(11)30-19(23)24)25-20-26-18(28)17(29-2)10-27(20)9-12-6-13(21)8-14(22)7-12/h3-8,10,19H,9H2,1-2H3,(H,25,26,28). The quantitative estimate of drug-likeness (QED) is 0.575. The van der Waals surface area contributed by atoms with Crippen LogP contribution in [0.15, 0.2) is 47.4 Å². The third-order valence-electron chi connectivity index (χ3n) is 4.21. The molecule has 0 unspecified atom stereocenters. The predicted molar refractivity (Wildman–Crippen MR) is 107 cm³/mol. The van der Waals surface area contributed by atoms with Crippen molar-refractivity contribution in [3.05, 3.63) is 74.9 Å². The van der Waals surface area contributed by atoms with Crippen molar-refractivity contribution < 1.29 is 22.6 Å². The Morgan fingerprint density at radius 1 is 1.23 bits per heavy atom. The van der Waals surface area contributed by atoms with Crippen molar-refractivity contribution in [1.29, 1.82) is 0 Å². The summed E-state index contributed by atoms with van der Waals surface area (Å²) in [5.41, 5.74) is 0.674. The highest BCUT2D eigenvalue weighted by Gasteiger charge is 2.14. The van der Waals surface area contributed by atoms with Crippen molar-refractivity contribution in [2.75, 3.05) is 12.4 Å². The molecule has 6 nitrogen and oxygen atoms in total. The number of benzene rings is 2. The van der Waals surface area contributed by atoms with Gasteiger partial charge in [0.15, 0.2) is 0 Å². The molecule has 0 bridgehead atoms. The normalized spacial score (nSPS) is 10.9. The van der Waals surface area contributed by atoms with Crippen LogP contribution in [0.2, 0.25) is 5.02 Å². The Morgan fingerprint density at radius 3 is 2.67 bits per heavy atom. The molecule has 0 aliphatic carbocycles. The molecule has 30 heavy (non-hydrogen) atoms. The second kappa shape index (κ2) is 9.08. The number of nitrogens with zero attached hydrogens (tertiary/aromatic N) is 2. The van der Waals surface area contributed by atoms with Crippen LogP contribution < -0.4 is 20.3 Å². The molecule has 158 valence electrons. The number of methoxy groups -OCH3 is 1. The molecular formula is C20H17ClF3N3O3. The van der Waals surface area contributed by atoms with Gasteiger partial charge in [-0.1, -0.05) is 17.7 Å². The van der Waals surface area contributed by atoms with Crippen molar-refractivity contribution in [2.24, 2.45) is 0 Å². The second-order valence-electron chi connectivity index (χ2n) is 6.28. The van der Waals surface area contributed by atoms with E-state index in [0.717, 1.165) is 0 Å². The van der Waals surface area contributed by atoms with E-state index in [0.29, 0.717) is 16.8 Å². The first-order valence-corrected chi connectivity index (χ1v) is 9.06. The first kappa shape index (κ1) is 21.5. The fourth-order valence-electron chi connectivity index (χ4n) is 2.83. The lowest BCUT2D eigenvalue weighted by Crippen LogP contribution is -2.19. The van der Waals surface area contributed by atoms with Gasteiger partial charge in [0, 0.05) is 16.3 Å². The monoisotopic (exact) mass is 439 g/mol. The molecule has 1 heterocycles. The number of aromatic nitrogens is 2. The summed E-state index contributed by atoms with van der Waals surface area (Å²) < 4.78 is 50.0. The number of hydrogen-bond donors (Lipinski definition) is 1. The summed E-state index contributed by atoms with van der Waals surface area (Å²) in [7, 11) is 1.32. The zero-order chi connectivity index (χ0) is 21.8. The largest absolute Gasteiger partial charge is 0.490 e. The van der Waals surface area contributed by atoms with E-state index in [2.05, 4.69) is 15.0 Å². The smallest absolute Gasteiger partial charge is 0.387 e. The zero-order valence-electron chi connectivity index (χ0n) is 16.0. The summed E-state index contributed by atoms with van der Waals surface area (Å²) in [5.74, 6) is -0.456. The van der Waals surface area contributed by atoms with Gasteiger partial charge < -0.3 is 19.4 Å². The van der Waals surface area contributed by atoms with Gasteiger partial charge in [0.25, 0.3) is 0 Å². The molecule has 0 saturated carbocycles. The molecular weight excluding hydrogens is 423 g/mol. The first-order chi connectivity index (χ1) is 14.3. The Labute approximate surface area is 174 Å². The minimum absolute atomic E-state index is 0.0189. The lowest BCUT2D eigenvalue weighted by atomic mass is 10.2. The maximum atomic E-state index is 13.7. The summed E-state index contributed by atoms with van der Waals surface area (Å²) in [6.45, 7) is -1.29. The Bertz CT molecular complexity index is 1100. The van der Waals surface area contributed by atoms with Gasteiger partial charge in [0.1, 0.15) is 11.6 Å². The average molecular weight is 440 g/mol. The van der Waals surface area contributed by atoms with Crippen LogP contribution in [0.1, 0.15) is 11.1 Å². The van der Waals surface area contributed by atoms with E-state index in [4.69, 9.17) is 16.3 Å². The molecule has 0 atom stereocenters. The van der Waals surface area contributed by atoms with E-state index in [1.165, 1.54) is 42.1 Å². The Hall–Kier alpha value is -3.20. The third kappa shape index (κ3) is 5.04. The molecule has 0 aliphatic rings. The van der Waals surface area contributed by atoms with Gasteiger partial charge in [0.2, 0.25) is 11.7 Å². The van der Waals surface area contributed by atoms with Crippen LogP contribution in [0.4, 0.5) is 24.8 Å². The van der Waals surface area contributed by atoms with Crippen LogP contribution in [-0.2, 0) is 6.54 Å². The molecule has 0 aliphatic heterocycles. The van der Waals surface area contributed by atoms with E-state index >= 15 is 0 Å². The number of ether oxygens (including phenoxy) is 2. The number of nitrogens with one attached hydrogen (secondary N) is 1. The minimum atomic E-state index is -2.98. The van der Waals surface area contributed by atoms with E-state index < -0.39 is 18.0 Å². The lowest BCUT2D eigenvalue weighted by molar-refractivity contribution is -0.0502. The number of hydrogen-bond acceptors (Lipinski definition) is 5. The number of halogens is 4. The van der Waals surface area contributed by atoms with Crippen LogP contribution in [0, 0.1) is 12.7 Å². The Balaban J connectivity index is 2.02. The van der Waals surface area contributed by atoms with Gasteiger partial charge in [0.05, 0.1) is 19.9 Å². The molecule has 1 N–H and O–H groups in total. The van der Waals surface area contributed by atoms with Crippen LogP contribution in [0.25, 0.3) is 0 Å². The van der Waals surface area contributed by atoms with Crippen LogP contribution in [0.3, 0.4) is 0 Å². The summed E-state index contributed by atoms with van der Waals surface area (Å²) >= 11 is 5.92. The Morgan fingerprint density at radius 2 is 2.00 bits per heavy atom. The maximum absolute atomic E-state index is 13.7. The molecule has 0 fully saturated rings. The number of rotatable bonds is 7. The van der Waals surface area contributed by atoms with Gasteiger partial charge in [-0.3, -0.25) is 4.79 Å². The zero-order valence-corrected chi connectivity index (χ0v) is 16.7. The molecule has 0 radical (unpaired) electrons. The second-order valence-corrected chi connectivity index (χ2v) is 6.71. The summed E-state index contributed by atoms with van der Waals surface area (Å²) in [4.78, 5) is 16.1. The molecule has 2 aromatic carbocycles. The van der Waals surface area contributed by atoms with E-state index in [1.807, 2.05) is 0 Å². The van der Waals surface area contributed by atoms with Gasteiger partial charge in [-0.05, 0) is 42.8 Å². The summed E-state index contributed by atoms with van der Waals surface area (Å²) in [6, 6.07) is 8.57. The number of anilines is 2. The summed E-state index contributed by atoms with van der Waals surface area (Å²) in [5, 5.41) is 3.16. The SMILES string of the molecule is COc1cn(Cc2cc(F)cc(Cl)c2)c(Nc2cccc(OC(F)F)c2C)nc1=O. The van der Waals surface area contributed by atoms with E-state index in [-0.39, 0.29) is 29.0 Å². The predicted octanol–water partition coefficient (Wildman–Crippen LogP) is 4.75. The third-order valence-corrected chi connectivity index (χ3v) is 4.42. The van der Waals surface area contributed by atoms with Crippen molar-refractivity contribution in [2.45, 2.75) is 20.1 Å². The molecule has 0 spiro atoms. The topological polar surface area (TPSA) is 65.4 Å². The van der Waals surface area contributed by atoms with Crippen molar-refractivity contribution in [3.8, 4) is 11.5 Å². The molecule has 3 aromatic rings. The first-order valence-electron chi connectivity index (χ1n) is 8.68. The van der Waals surface area contributed by atoms with Crippen molar-refractivity contribution >= 4 is 23.2 Å². The van der Waals surface area contributed by atoms with E-state index in [1.54, 1.807) is 19.1 Å². The maximum Gasteiger partial charge on any atom is 0.387 e. The lowest BCUT2D eigenvalue weighted by Gasteiger charge is -2.17. The van der Waals surface area contributed by atoms with Gasteiger partial charge in [-0.2, -0.15) is 13.8 Å². The highest BCUT2D eigenvalue weighted by molar-refractivity contribution is 6.30. The number of alkyl halides is 2. The van der Waals surface area contributed by atoms with Crippen LogP contribution in [0.5, 0.6) is 11.5 Å². The molecule has 10 heteroatoms. The minimum Gasteiger partial charge on any atom is -0.490 e. The highest BCUT2D eigenvalue weighted by Crippen LogP contribution is 2.29. The fourth-order valence-corrected chi connectivity index (χ4v) is 3.07. The van der Waals surface area contributed by atoms with Crippen molar-refractivity contribution in [3.63, 3.8) is 0 Å². The van der Waals surface area contributed by atoms with E-state index in [9.17, 15) is 18.0 Å². The Kier molecular flexibility index (Phi) is 6.51. The summed E-state index contributed by atoms with van der Waals surface area (Å²) in [6.07, 6.45) is 1.41.